The molecule has 0 aliphatic carbocycles. The molecule has 1 atom stereocenters. The number of tetrazole rings is 1. The number of ether oxygens (including phenoxy) is 2. The molecule has 1 unspecified atom stereocenters. The van der Waals surface area contributed by atoms with Crippen molar-refractivity contribution in [1.82, 2.24) is 30.1 Å². The first-order valence-electron chi connectivity index (χ1n) is 12.6. The number of aromatic nitrogens is 5. The molecule has 0 saturated heterocycles. The van der Waals surface area contributed by atoms with Gasteiger partial charge in [-0.3, -0.25) is 9.69 Å². The smallest absolute Gasteiger partial charge is 0.253 e. The largest absolute Gasteiger partial charge is 0.494 e. The number of fused-ring (bicyclic) bond motifs is 1. The van der Waals surface area contributed by atoms with E-state index in [1.165, 1.54) is 12.1 Å². The van der Waals surface area contributed by atoms with E-state index in [1.54, 1.807) is 36.3 Å². The molecule has 5 aromatic rings. The average molecular weight is 533 g/mol. The van der Waals surface area contributed by atoms with Crippen LogP contribution in [0, 0.1) is 5.82 Å². The minimum absolute atomic E-state index is 0.276. The van der Waals surface area contributed by atoms with E-state index in [9.17, 15) is 9.18 Å². The van der Waals surface area contributed by atoms with Gasteiger partial charge >= 0.3 is 0 Å². The van der Waals surface area contributed by atoms with Gasteiger partial charge in [-0.05, 0) is 71.4 Å². The first-order chi connectivity index (χ1) is 19.1. The highest BCUT2D eigenvalue weighted by atomic mass is 19.1. The number of halogens is 1. The number of pyridine rings is 1. The summed E-state index contributed by atoms with van der Waals surface area (Å²) in [4.78, 5) is 18.7. The van der Waals surface area contributed by atoms with E-state index in [4.69, 9.17) is 13.9 Å². The van der Waals surface area contributed by atoms with Crippen LogP contribution in [-0.4, -0.2) is 50.4 Å². The maximum atomic E-state index is 13.7. The second-order valence-electron chi connectivity index (χ2n) is 9.00. The molecular formula is C28H29FN6O4. The fraction of sp³-hybridized carbons (Fsp3) is 0.286. The Labute approximate surface area is 224 Å². The van der Waals surface area contributed by atoms with Crippen molar-refractivity contribution in [3.8, 4) is 5.75 Å². The lowest BCUT2D eigenvalue weighted by Crippen LogP contribution is -2.35. The molecule has 0 spiro atoms. The highest BCUT2D eigenvalue weighted by Gasteiger charge is 2.31. The van der Waals surface area contributed by atoms with Gasteiger partial charge in [0.2, 0.25) is 0 Å². The lowest BCUT2D eigenvalue weighted by molar-refractivity contribution is 0.163. The van der Waals surface area contributed by atoms with Gasteiger partial charge in [0.15, 0.2) is 5.82 Å². The Morgan fingerprint density at radius 2 is 1.97 bits per heavy atom. The maximum Gasteiger partial charge on any atom is 0.253 e. The molecular weight excluding hydrogens is 503 g/mol. The van der Waals surface area contributed by atoms with E-state index in [-0.39, 0.29) is 11.4 Å². The van der Waals surface area contributed by atoms with E-state index in [0.717, 1.165) is 10.9 Å². The highest BCUT2D eigenvalue weighted by molar-refractivity contribution is 5.80. The van der Waals surface area contributed by atoms with Gasteiger partial charge < -0.3 is 18.9 Å². The number of nitrogens with zero attached hydrogens (tertiary/aromatic N) is 5. The van der Waals surface area contributed by atoms with Gasteiger partial charge in [-0.1, -0.05) is 12.1 Å². The molecule has 202 valence electrons. The molecule has 2 aromatic carbocycles. The molecule has 3 heterocycles. The third-order valence-electron chi connectivity index (χ3n) is 6.36. The van der Waals surface area contributed by atoms with Crippen LogP contribution >= 0.6 is 0 Å². The zero-order chi connectivity index (χ0) is 27.2. The van der Waals surface area contributed by atoms with Crippen LogP contribution in [0.1, 0.15) is 35.7 Å². The zero-order valence-electron chi connectivity index (χ0n) is 21.7. The van der Waals surface area contributed by atoms with Crippen LogP contribution in [0.15, 0.2) is 76.1 Å². The monoisotopic (exact) mass is 532 g/mol. The highest BCUT2D eigenvalue weighted by Crippen LogP contribution is 2.31. The fourth-order valence-corrected chi connectivity index (χ4v) is 4.57. The van der Waals surface area contributed by atoms with Crippen molar-refractivity contribution in [1.29, 1.82) is 0 Å². The molecule has 0 radical (unpaired) electrons. The lowest BCUT2D eigenvalue weighted by atomic mass is 10.0. The van der Waals surface area contributed by atoms with Crippen LogP contribution in [0.4, 0.5) is 4.39 Å². The van der Waals surface area contributed by atoms with Gasteiger partial charge in [-0.2, -0.15) is 0 Å². The second kappa shape index (κ2) is 12.0. The first kappa shape index (κ1) is 26.3. The summed E-state index contributed by atoms with van der Waals surface area (Å²) < 4.78 is 32.0. The van der Waals surface area contributed by atoms with E-state index < -0.39 is 6.04 Å². The number of furan rings is 1. The molecule has 5 rings (SSSR count). The Kier molecular flexibility index (Phi) is 8.09. The summed E-state index contributed by atoms with van der Waals surface area (Å²) in [5, 5.41) is 13.3. The lowest BCUT2D eigenvalue weighted by Gasteiger charge is -2.30. The number of benzene rings is 2. The normalized spacial score (nSPS) is 12.3. The predicted octanol–water partition coefficient (Wildman–Crippen LogP) is 4.08. The molecule has 0 fully saturated rings. The summed E-state index contributed by atoms with van der Waals surface area (Å²) in [5.74, 6) is 1.52. The van der Waals surface area contributed by atoms with Crippen LogP contribution in [0.25, 0.3) is 10.9 Å². The van der Waals surface area contributed by atoms with Gasteiger partial charge in [0.25, 0.3) is 5.56 Å². The van der Waals surface area contributed by atoms with Crippen LogP contribution in [0.2, 0.25) is 0 Å². The minimum atomic E-state index is -0.684. The third-order valence-corrected chi connectivity index (χ3v) is 6.36. The number of hydrogen-bond acceptors (Lipinski definition) is 8. The molecule has 3 aromatic heterocycles. The number of rotatable bonds is 12. The third kappa shape index (κ3) is 6.05. The Morgan fingerprint density at radius 3 is 2.72 bits per heavy atom. The summed E-state index contributed by atoms with van der Waals surface area (Å²) in [6.07, 6.45) is 1.60. The number of H-pyrrole nitrogens is 1. The zero-order valence-corrected chi connectivity index (χ0v) is 21.7. The predicted molar refractivity (Wildman–Crippen MR) is 142 cm³/mol. The molecule has 11 heteroatoms. The summed E-state index contributed by atoms with van der Waals surface area (Å²) in [5.41, 5.74) is 1.69. The number of methoxy groups -OCH3 is 1. The number of hydrogen-bond donors (Lipinski definition) is 1. The fourth-order valence-electron chi connectivity index (χ4n) is 4.57. The average Bonchev–Trinajstić information content (AvgIpc) is 3.62. The van der Waals surface area contributed by atoms with Crippen molar-refractivity contribution in [3.63, 3.8) is 0 Å². The van der Waals surface area contributed by atoms with E-state index in [1.807, 2.05) is 42.2 Å². The second-order valence-corrected chi connectivity index (χ2v) is 9.00. The van der Waals surface area contributed by atoms with E-state index >= 15 is 0 Å². The van der Waals surface area contributed by atoms with Gasteiger partial charge in [0.05, 0.1) is 32.6 Å². The van der Waals surface area contributed by atoms with Gasteiger partial charge in [0, 0.05) is 30.1 Å². The van der Waals surface area contributed by atoms with Crippen molar-refractivity contribution in [2.75, 3.05) is 20.3 Å². The van der Waals surface area contributed by atoms with Crippen LogP contribution in [-0.2, 0) is 24.4 Å². The quantitative estimate of drug-likeness (QED) is 0.256. The summed E-state index contributed by atoms with van der Waals surface area (Å²) in [6, 6.07) is 16.6. The summed E-state index contributed by atoms with van der Waals surface area (Å²) in [7, 11) is 1.60. The topological polar surface area (TPSA) is 111 Å². The number of aromatic amines is 1. The van der Waals surface area contributed by atoms with Crippen molar-refractivity contribution < 1.29 is 18.3 Å². The van der Waals surface area contributed by atoms with Crippen LogP contribution in [0.5, 0.6) is 5.75 Å². The summed E-state index contributed by atoms with van der Waals surface area (Å²) >= 11 is 0. The van der Waals surface area contributed by atoms with Gasteiger partial charge in [0.1, 0.15) is 23.4 Å². The SMILES string of the molecule is CCOc1ccc2[nH]c(=O)c(C(c3nnnn3CCOC)N(Cc3ccc(F)cc3)Cc3ccco3)cc2c1. The molecule has 0 bridgehead atoms. The maximum absolute atomic E-state index is 13.7. The Bertz CT molecular complexity index is 1570. The van der Waals surface area contributed by atoms with Crippen LogP contribution < -0.4 is 10.3 Å². The minimum Gasteiger partial charge on any atom is -0.494 e. The number of nitrogens with one attached hydrogen (secondary N) is 1. The van der Waals surface area contributed by atoms with Gasteiger partial charge in [-0.25, -0.2) is 9.07 Å². The molecule has 39 heavy (non-hydrogen) atoms. The van der Waals surface area contributed by atoms with Crippen molar-refractivity contribution in [2.45, 2.75) is 32.6 Å². The molecule has 0 aliphatic heterocycles. The molecule has 1 N–H and O–H groups in total. The standard InChI is InChI=1S/C28H29FN6O4/c1-3-38-22-10-11-25-20(15-22)16-24(28(36)30-25)26(27-31-32-33-35(27)12-14-37-2)34(18-23-5-4-13-39-23)17-19-6-8-21(29)9-7-19/h4-11,13,15-16,26H,3,12,14,17-18H2,1-2H3,(H,30,36). The van der Waals surface area contributed by atoms with Gasteiger partial charge in [-0.15, -0.1) is 5.10 Å². The van der Waals surface area contributed by atoms with Crippen LogP contribution in [0.3, 0.4) is 0 Å². The Hall–Kier alpha value is -4.35. The molecule has 0 amide bonds. The first-order valence-corrected chi connectivity index (χ1v) is 12.6. The van der Waals surface area contributed by atoms with Crippen molar-refractivity contribution >= 4 is 10.9 Å². The summed E-state index contributed by atoms with van der Waals surface area (Å²) in [6.45, 7) is 3.91. The Morgan fingerprint density at radius 1 is 1.13 bits per heavy atom. The Balaban J connectivity index is 1.67. The molecule has 0 aliphatic rings. The molecule has 10 nitrogen and oxygen atoms in total. The van der Waals surface area contributed by atoms with Crippen molar-refractivity contribution in [3.05, 3.63) is 106 Å². The van der Waals surface area contributed by atoms with Crippen molar-refractivity contribution in [2.24, 2.45) is 0 Å². The van der Waals surface area contributed by atoms with E-state index in [0.29, 0.717) is 61.3 Å². The van der Waals surface area contributed by atoms with E-state index in [2.05, 4.69) is 20.5 Å². The molecule has 0 saturated carbocycles.